The smallest absolute Gasteiger partial charge is 0.256 e. The van der Waals surface area contributed by atoms with Crippen LogP contribution in [0.3, 0.4) is 0 Å². The summed E-state index contributed by atoms with van der Waals surface area (Å²) in [5.74, 6) is -1.43. The Morgan fingerprint density at radius 2 is 1.50 bits per heavy atom. The molecule has 198 valence electrons. The van der Waals surface area contributed by atoms with Crippen LogP contribution in [0.15, 0.2) is 72.8 Å². The van der Waals surface area contributed by atoms with Gasteiger partial charge in [0.05, 0.1) is 16.1 Å². The van der Waals surface area contributed by atoms with Crippen LogP contribution in [0, 0.1) is 5.82 Å². The molecule has 0 aliphatic carbocycles. The summed E-state index contributed by atoms with van der Waals surface area (Å²) in [6.45, 7) is 5.77. The highest BCUT2D eigenvalue weighted by atomic mass is 35.5. The Hall–Kier alpha value is -3.91. The lowest BCUT2D eigenvalue weighted by Gasteiger charge is -2.36. The van der Waals surface area contributed by atoms with Crippen LogP contribution < -0.4 is 10.2 Å². The molecule has 3 aromatic rings. The number of benzene rings is 3. The van der Waals surface area contributed by atoms with E-state index < -0.39 is 5.82 Å². The summed E-state index contributed by atoms with van der Waals surface area (Å²) >= 11 is 6.18. The standard InChI is InChI=1S/C29H30ClFN4O3/c1-20(2)35(29(38)23-7-3-5-9-25(23)30)19-27(36)32-21-11-13-22(14-12-21)33-15-17-34(18-16-33)28(37)24-8-4-6-10-26(24)31/h3-14,20H,15-19H2,1-2H3,(H,32,36). The molecular formula is C29H30ClFN4O3. The van der Waals surface area contributed by atoms with Gasteiger partial charge in [0.1, 0.15) is 12.4 Å². The molecule has 1 aliphatic rings. The summed E-state index contributed by atoms with van der Waals surface area (Å²) < 4.78 is 14.0. The molecular weight excluding hydrogens is 507 g/mol. The molecule has 0 unspecified atom stereocenters. The van der Waals surface area contributed by atoms with E-state index in [4.69, 9.17) is 11.6 Å². The van der Waals surface area contributed by atoms with Gasteiger partial charge >= 0.3 is 0 Å². The summed E-state index contributed by atoms with van der Waals surface area (Å²) in [5.41, 5.74) is 2.01. The van der Waals surface area contributed by atoms with Gasteiger partial charge in [-0.2, -0.15) is 0 Å². The van der Waals surface area contributed by atoms with E-state index in [1.807, 2.05) is 26.0 Å². The molecule has 1 fully saturated rings. The van der Waals surface area contributed by atoms with Crippen LogP contribution in [0.4, 0.5) is 15.8 Å². The van der Waals surface area contributed by atoms with Crippen molar-refractivity contribution in [1.82, 2.24) is 9.80 Å². The molecule has 0 atom stereocenters. The van der Waals surface area contributed by atoms with Crippen molar-refractivity contribution < 1.29 is 18.8 Å². The molecule has 0 spiro atoms. The van der Waals surface area contributed by atoms with Crippen molar-refractivity contribution in [2.24, 2.45) is 0 Å². The van der Waals surface area contributed by atoms with Crippen LogP contribution in [-0.2, 0) is 4.79 Å². The third kappa shape index (κ3) is 6.31. The molecule has 0 bridgehead atoms. The first kappa shape index (κ1) is 27.1. The van der Waals surface area contributed by atoms with Crippen LogP contribution in [0.2, 0.25) is 5.02 Å². The predicted octanol–water partition coefficient (Wildman–Crippen LogP) is 4.93. The fraction of sp³-hybridized carbons (Fsp3) is 0.276. The lowest BCUT2D eigenvalue weighted by Crippen LogP contribution is -2.49. The number of carbonyl (C=O) groups excluding carboxylic acids is 3. The molecule has 1 heterocycles. The largest absolute Gasteiger partial charge is 0.368 e. The van der Waals surface area contributed by atoms with Crippen LogP contribution in [-0.4, -0.2) is 66.3 Å². The third-order valence-electron chi connectivity index (χ3n) is 6.49. The number of hydrogen-bond donors (Lipinski definition) is 1. The fourth-order valence-corrected chi connectivity index (χ4v) is 4.58. The predicted molar refractivity (Wildman–Crippen MR) is 147 cm³/mol. The lowest BCUT2D eigenvalue weighted by molar-refractivity contribution is -0.117. The summed E-state index contributed by atoms with van der Waals surface area (Å²) in [6.07, 6.45) is 0. The minimum absolute atomic E-state index is 0.0886. The molecule has 4 rings (SSSR count). The molecule has 3 aromatic carbocycles. The van der Waals surface area contributed by atoms with Gasteiger partial charge < -0.3 is 20.0 Å². The van der Waals surface area contributed by atoms with Crippen LogP contribution >= 0.6 is 11.6 Å². The van der Waals surface area contributed by atoms with Crippen molar-refractivity contribution in [3.63, 3.8) is 0 Å². The van der Waals surface area contributed by atoms with Crippen LogP contribution in [0.1, 0.15) is 34.6 Å². The van der Waals surface area contributed by atoms with Gasteiger partial charge in [-0.15, -0.1) is 0 Å². The maximum absolute atomic E-state index is 14.0. The fourth-order valence-electron chi connectivity index (χ4n) is 4.36. The highest BCUT2D eigenvalue weighted by Gasteiger charge is 2.25. The average Bonchev–Trinajstić information content (AvgIpc) is 2.92. The van der Waals surface area contributed by atoms with E-state index >= 15 is 0 Å². The van der Waals surface area contributed by atoms with Crippen molar-refractivity contribution in [2.45, 2.75) is 19.9 Å². The number of rotatable bonds is 7. The minimum Gasteiger partial charge on any atom is -0.368 e. The average molecular weight is 537 g/mol. The molecule has 9 heteroatoms. The topological polar surface area (TPSA) is 73.0 Å². The van der Waals surface area contributed by atoms with Gasteiger partial charge in [-0.3, -0.25) is 14.4 Å². The molecule has 0 radical (unpaired) electrons. The zero-order valence-electron chi connectivity index (χ0n) is 21.4. The number of nitrogens with one attached hydrogen (secondary N) is 1. The number of halogens is 2. The number of piperazine rings is 1. The molecule has 1 N–H and O–H groups in total. The van der Waals surface area contributed by atoms with Crippen molar-refractivity contribution in [1.29, 1.82) is 0 Å². The Labute approximate surface area is 226 Å². The van der Waals surface area contributed by atoms with Gasteiger partial charge in [0.25, 0.3) is 11.8 Å². The van der Waals surface area contributed by atoms with E-state index in [9.17, 15) is 18.8 Å². The first-order chi connectivity index (χ1) is 18.2. The SMILES string of the molecule is CC(C)N(CC(=O)Nc1ccc(N2CCN(C(=O)c3ccccc3F)CC2)cc1)C(=O)c1ccccc1Cl. The van der Waals surface area contributed by atoms with Crippen molar-refractivity contribution >= 4 is 40.7 Å². The highest BCUT2D eigenvalue weighted by molar-refractivity contribution is 6.33. The maximum Gasteiger partial charge on any atom is 0.256 e. The van der Waals surface area contributed by atoms with E-state index in [1.165, 1.54) is 17.0 Å². The Morgan fingerprint density at radius 3 is 2.11 bits per heavy atom. The summed E-state index contributed by atoms with van der Waals surface area (Å²) in [5, 5.41) is 3.20. The number of carbonyl (C=O) groups is 3. The second kappa shape index (κ2) is 12.1. The first-order valence-electron chi connectivity index (χ1n) is 12.5. The van der Waals surface area contributed by atoms with E-state index in [2.05, 4.69) is 10.2 Å². The molecule has 0 aromatic heterocycles. The second-order valence-electron chi connectivity index (χ2n) is 9.36. The Bertz CT molecular complexity index is 1310. The van der Waals surface area contributed by atoms with Gasteiger partial charge in [-0.1, -0.05) is 35.9 Å². The van der Waals surface area contributed by atoms with Gasteiger partial charge in [0.15, 0.2) is 0 Å². The van der Waals surface area contributed by atoms with Crippen LogP contribution in [0.25, 0.3) is 0 Å². The van der Waals surface area contributed by atoms with E-state index in [0.29, 0.717) is 42.5 Å². The molecule has 1 aliphatic heterocycles. The summed E-state index contributed by atoms with van der Waals surface area (Å²) in [6, 6.07) is 20.0. The molecule has 7 nitrogen and oxygen atoms in total. The van der Waals surface area contributed by atoms with Gasteiger partial charge in [-0.05, 0) is 62.4 Å². The quantitative estimate of drug-likeness (QED) is 0.465. The molecule has 1 saturated heterocycles. The Kier molecular flexibility index (Phi) is 8.63. The zero-order chi connectivity index (χ0) is 27.2. The number of hydrogen-bond acceptors (Lipinski definition) is 4. The van der Waals surface area contributed by atoms with E-state index in [1.54, 1.807) is 53.4 Å². The number of anilines is 2. The minimum atomic E-state index is -0.512. The lowest BCUT2D eigenvalue weighted by atomic mass is 10.1. The third-order valence-corrected chi connectivity index (χ3v) is 6.82. The van der Waals surface area contributed by atoms with Gasteiger partial charge in [0.2, 0.25) is 5.91 Å². The summed E-state index contributed by atoms with van der Waals surface area (Å²) in [4.78, 5) is 43.7. The van der Waals surface area contributed by atoms with Crippen LogP contribution in [0.5, 0.6) is 0 Å². The second-order valence-corrected chi connectivity index (χ2v) is 9.77. The van der Waals surface area contributed by atoms with E-state index in [0.717, 1.165) is 5.69 Å². The monoisotopic (exact) mass is 536 g/mol. The maximum atomic E-state index is 14.0. The Balaban J connectivity index is 1.32. The zero-order valence-corrected chi connectivity index (χ0v) is 22.1. The Morgan fingerprint density at radius 1 is 0.895 bits per heavy atom. The number of amides is 3. The van der Waals surface area contributed by atoms with Gasteiger partial charge in [-0.25, -0.2) is 4.39 Å². The molecule has 0 saturated carbocycles. The van der Waals surface area contributed by atoms with E-state index in [-0.39, 0.29) is 35.9 Å². The highest BCUT2D eigenvalue weighted by Crippen LogP contribution is 2.22. The van der Waals surface area contributed by atoms with Crippen molar-refractivity contribution in [3.8, 4) is 0 Å². The van der Waals surface area contributed by atoms with Crippen molar-refractivity contribution in [3.05, 3.63) is 94.8 Å². The summed E-state index contributed by atoms with van der Waals surface area (Å²) in [7, 11) is 0. The number of nitrogens with zero attached hydrogens (tertiary/aromatic N) is 3. The normalized spacial score (nSPS) is 13.4. The molecule has 3 amide bonds. The first-order valence-corrected chi connectivity index (χ1v) is 12.9. The van der Waals surface area contributed by atoms with Crippen molar-refractivity contribution in [2.75, 3.05) is 42.9 Å². The van der Waals surface area contributed by atoms with Gasteiger partial charge in [0, 0.05) is 43.6 Å². The molecule has 38 heavy (non-hydrogen) atoms.